The number of phenols is 1. The molecule has 0 radical (unpaired) electrons. The summed E-state index contributed by atoms with van der Waals surface area (Å²) in [6.45, 7) is 0. The Kier molecular flexibility index (Phi) is 4.73. The minimum absolute atomic E-state index is 0.234. The van der Waals surface area contributed by atoms with Crippen molar-refractivity contribution >= 4 is 37.5 Å². The van der Waals surface area contributed by atoms with Crippen LogP contribution >= 0.6 is 11.3 Å². The van der Waals surface area contributed by atoms with Crippen LogP contribution in [0.4, 0.5) is 5.13 Å². The number of para-hydroxylation sites is 2. The first-order valence-corrected chi connectivity index (χ1v) is 10.5. The molecule has 0 bridgehead atoms. The lowest BCUT2D eigenvalue weighted by atomic mass is 9.92. The average molecular weight is 413 g/mol. The highest BCUT2D eigenvalue weighted by Crippen LogP contribution is 2.41. The number of nitrogens with zero attached hydrogens (tertiary/aromatic N) is 1. The van der Waals surface area contributed by atoms with E-state index >= 15 is 0 Å². The third-order valence-corrected chi connectivity index (χ3v) is 6.22. The van der Waals surface area contributed by atoms with Gasteiger partial charge in [-0.1, -0.05) is 72.0 Å². The maximum atomic E-state index is 10.9. The molecule has 0 fully saturated rings. The second kappa shape index (κ2) is 7.69. The van der Waals surface area contributed by atoms with E-state index in [2.05, 4.69) is 17.4 Å². The van der Waals surface area contributed by atoms with Gasteiger partial charge in [-0.15, -0.1) is 0 Å². The molecule has 1 aromatic heterocycles. The van der Waals surface area contributed by atoms with Crippen LogP contribution in [0.15, 0.2) is 84.9 Å². The molecule has 0 saturated carbocycles. The van der Waals surface area contributed by atoms with Gasteiger partial charge in [-0.25, -0.2) is 4.98 Å². The quantitative estimate of drug-likeness (QED) is 0.352. The maximum absolute atomic E-state index is 10.9. The summed E-state index contributed by atoms with van der Waals surface area (Å²) in [5, 5.41) is 17.3. The molecule has 5 heteroatoms. The molecular weight excluding hydrogens is 392 g/mol. The molecule has 1 atom stereocenters. The zero-order valence-corrected chi connectivity index (χ0v) is 17.2. The Morgan fingerprint density at radius 3 is 2.53 bits per heavy atom. The second-order valence-electron chi connectivity index (χ2n) is 7.03. The highest BCUT2D eigenvalue weighted by atomic mass is 32.1. The van der Waals surface area contributed by atoms with Crippen molar-refractivity contribution in [2.75, 3.05) is 12.4 Å². The molecule has 4 nitrogen and oxygen atoms in total. The molecule has 0 saturated heterocycles. The highest BCUT2D eigenvalue weighted by Gasteiger charge is 2.24. The van der Waals surface area contributed by atoms with E-state index in [0.29, 0.717) is 0 Å². The monoisotopic (exact) mass is 412 g/mol. The number of anilines is 1. The summed E-state index contributed by atoms with van der Waals surface area (Å²) >= 11 is 1.59. The third kappa shape index (κ3) is 3.23. The van der Waals surface area contributed by atoms with E-state index in [9.17, 15) is 5.11 Å². The van der Waals surface area contributed by atoms with Crippen LogP contribution in [-0.4, -0.2) is 17.2 Å². The van der Waals surface area contributed by atoms with Gasteiger partial charge in [-0.05, 0) is 35.0 Å². The van der Waals surface area contributed by atoms with E-state index in [1.165, 1.54) is 0 Å². The van der Waals surface area contributed by atoms with Crippen molar-refractivity contribution in [2.45, 2.75) is 6.04 Å². The van der Waals surface area contributed by atoms with Crippen molar-refractivity contribution in [3.8, 4) is 11.5 Å². The Balaban J connectivity index is 1.72. The molecule has 1 unspecified atom stereocenters. The summed E-state index contributed by atoms with van der Waals surface area (Å²) in [7, 11) is 1.66. The Bertz CT molecular complexity index is 1310. The van der Waals surface area contributed by atoms with E-state index in [1.54, 1.807) is 24.5 Å². The average Bonchev–Trinajstić information content (AvgIpc) is 3.20. The number of fused-ring (bicyclic) bond motifs is 2. The standard InChI is InChI=1S/C25H20N2O2S/c1-29-21-12-6-4-10-18(21)24(27-25-26-19-11-5-7-13-22(19)30-25)23-17-9-3-2-8-16(17)14-15-20(23)28/h2-15,24,28H,1H3,(H,26,27). The Morgan fingerprint density at radius 1 is 0.900 bits per heavy atom. The van der Waals surface area contributed by atoms with Gasteiger partial charge in [-0.3, -0.25) is 0 Å². The summed E-state index contributed by atoms with van der Waals surface area (Å²) in [5.74, 6) is 0.988. The predicted octanol–water partition coefficient (Wildman–Crippen LogP) is 6.37. The van der Waals surface area contributed by atoms with Crippen molar-refractivity contribution in [2.24, 2.45) is 0 Å². The van der Waals surface area contributed by atoms with Gasteiger partial charge >= 0.3 is 0 Å². The van der Waals surface area contributed by atoms with E-state index in [1.807, 2.05) is 66.7 Å². The number of aromatic nitrogens is 1. The maximum Gasteiger partial charge on any atom is 0.184 e. The second-order valence-corrected chi connectivity index (χ2v) is 8.06. The molecule has 5 rings (SSSR count). The molecule has 0 aliphatic carbocycles. The van der Waals surface area contributed by atoms with Crippen molar-refractivity contribution < 1.29 is 9.84 Å². The van der Waals surface area contributed by atoms with Crippen LogP contribution in [0.5, 0.6) is 11.5 Å². The van der Waals surface area contributed by atoms with Gasteiger partial charge in [0.05, 0.1) is 23.4 Å². The highest BCUT2D eigenvalue weighted by molar-refractivity contribution is 7.22. The molecule has 30 heavy (non-hydrogen) atoms. The number of thiazole rings is 1. The summed E-state index contributed by atoms with van der Waals surface area (Å²) in [4.78, 5) is 4.75. The van der Waals surface area contributed by atoms with Gasteiger partial charge in [0.15, 0.2) is 5.13 Å². The Labute approximate surface area is 178 Å². The van der Waals surface area contributed by atoms with Crippen LogP contribution in [0.3, 0.4) is 0 Å². The number of hydrogen-bond acceptors (Lipinski definition) is 5. The SMILES string of the molecule is COc1ccccc1C(Nc1nc2ccccc2s1)c1c(O)ccc2ccccc12. The van der Waals surface area contributed by atoms with Crippen molar-refractivity contribution in [3.63, 3.8) is 0 Å². The van der Waals surface area contributed by atoms with E-state index in [-0.39, 0.29) is 11.8 Å². The summed E-state index contributed by atoms with van der Waals surface area (Å²) < 4.78 is 6.77. The number of aromatic hydroxyl groups is 1. The fourth-order valence-corrected chi connectivity index (χ4v) is 4.75. The molecule has 0 aliphatic rings. The summed E-state index contributed by atoms with van der Waals surface area (Å²) in [6.07, 6.45) is 0. The zero-order chi connectivity index (χ0) is 20.5. The van der Waals surface area contributed by atoms with Crippen LogP contribution < -0.4 is 10.1 Å². The Hall–Kier alpha value is -3.57. The molecule has 0 amide bonds. The lowest BCUT2D eigenvalue weighted by Gasteiger charge is -2.24. The molecule has 148 valence electrons. The van der Waals surface area contributed by atoms with Crippen molar-refractivity contribution in [1.82, 2.24) is 4.98 Å². The normalized spacial score (nSPS) is 12.2. The van der Waals surface area contributed by atoms with Crippen LogP contribution in [0.2, 0.25) is 0 Å². The van der Waals surface area contributed by atoms with E-state index < -0.39 is 0 Å². The fraction of sp³-hybridized carbons (Fsp3) is 0.0800. The first-order chi connectivity index (χ1) is 14.7. The van der Waals surface area contributed by atoms with Gasteiger partial charge in [0.25, 0.3) is 0 Å². The number of benzene rings is 4. The summed E-state index contributed by atoms with van der Waals surface area (Å²) in [5.41, 5.74) is 2.69. The lowest BCUT2D eigenvalue weighted by Crippen LogP contribution is -2.14. The van der Waals surface area contributed by atoms with Crippen molar-refractivity contribution in [3.05, 3.63) is 96.1 Å². The lowest BCUT2D eigenvalue weighted by molar-refractivity contribution is 0.408. The smallest absolute Gasteiger partial charge is 0.184 e. The minimum atomic E-state index is -0.340. The number of ether oxygens (including phenoxy) is 1. The van der Waals surface area contributed by atoms with Gasteiger partial charge in [-0.2, -0.15) is 0 Å². The van der Waals surface area contributed by atoms with Gasteiger partial charge in [0.2, 0.25) is 0 Å². The topological polar surface area (TPSA) is 54.4 Å². The van der Waals surface area contributed by atoms with Crippen LogP contribution in [0.1, 0.15) is 17.2 Å². The number of nitrogens with one attached hydrogen (secondary N) is 1. The van der Waals surface area contributed by atoms with Gasteiger partial charge < -0.3 is 15.2 Å². The molecule has 2 N–H and O–H groups in total. The first kappa shape index (κ1) is 18.5. The van der Waals surface area contributed by atoms with E-state index in [4.69, 9.17) is 9.72 Å². The molecule has 4 aromatic carbocycles. The third-order valence-electron chi connectivity index (χ3n) is 5.25. The van der Waals surface area contributed by atoms with Crippen LogP contribution in [-0.2, 0) is 0 Å². The van der Waals surface area contributed by atoms with Crippen LogP contribution in [0.25, 0.3) is 21.0 Å². The Morgan fingerprint density at radius 2 is 1.67 bits per heavy atom. The molecule has 1 heterocycles. The molecular formula is C25H20N2O2S. The number of rotatable bonds is 5. The zero-order valence-electron chi connectivity index (χ0n) is 16.4. The minimum Gasteiger partial charge on any atom is -0.508 e. The fourth-order valence-electron chi connectivity index (χ4n) is 3.86. The van der Waals surface area contributed by atoms with Gasteiger partial charge in [0, 0.05) is 11.1 Å². The van der Waals surface area contributed by atoms with Crippen molar-refractivity contribution in [1.29, 1.82) is 0 Å². The number of hydrogen-bond donors (Lipinski definition) is 2. The first-order valence-electron chi connectivity index (χ1n) is 9.70. The number of phenolic OH excluding ortho intramolecular Hbond substituents is 1. The molecule has 0 aliphatic heterocycles. The van der Waals surface area contributed by atoms with Crippen LogP contribution in [0, 0.1) is 0 Å². The predicted molar refractivity (Wildman–Crippen MR) is 124 cm³/mol. The number of methoxy groups -OCH3 is 1. The van der Waals surface area contributed by atoms with Gasteiger partial charge in [0.1, 0.15) is 11.5 Å². The largest absolute Gasteiger partial charge is 0.508 e. The molecule has 5 aromatic rings. The van der Waals surface area contributed by atoms with E-state index in [0.717, 1.165) is 43.0 Å². The summed E-state index contributed by atoms with van der Waals surface area (Å²) in [6, 6.07) is 27.4. The molecule has 0 spiro atoms.